The fraction of sp³-hybridized carbons (Fsp3) is 1.00. The van der Waals surface area contributed by atoms with Crippen LogP contribution in [0.3, 0.4) is 0 Å². The van der Waals surface area contributed by atoms with Crippen molar-refractivity contribution >= 4 is 15.9 Å². The molecular formula is C6H9BrO3. The van der Waals surface area contributed by atoms with E-state index in [0.717, 1.165) is 6.42 Å². The largest absolute Gasteiger partial charge is 0.390 e. The van der Waals surface area contributed by atoms with E-state index >= 15 is 0 Å². The first kappa shape index (κ1) is 7.03. The summed E-state index contributed by atoms with van der Waals surface area (Å²) in [6.45, 7) is 1.06. The molecule has 3 nitrogen and oxygen atoms in total. The zero-order chi connectivity index (χ0) is 7.19. The third-order valence-electron chi connectivity index (χ3n) is 2.09. The lowest BCUT2D eigenvalue weighted by atomic mass is 10.0. The molecule has 0 spiro atoms. The van der Waals surface area contributed by atoms with Gasteiger partial charge in [-0.25, -0.2) is 0 Å². The Balaban J connectivity index is 2.19. The van der Waals surface area contributed by atoms with Gasteiger partial charge < -0.3 is 14.6 Å². The average molecular weight is 209 g/mol. The predicted octanol–water partition coefficient (Wildman–Crippen LogP) is 0.463. The summed E-state index contributed by atoms with van der Waals surface area (Å²) >= 11 is 3.31. The van der Waals surface area contributed by atoms with Crippen molar-refractivity contribution in [3.63, 3.8) is 0 Å². The van der Waals surface area contributed by atoms with Gasteiger partial charge in [0, 0.05) is 0 Å². The minimum Gasteiger partial charge on any atom is -0.390 e. The Hall–Kier alpha value is 0.360. The SMILES string of the molecule is OC1COC2(Br)OCCC12. The van der Waals surface area contributed by atoms with Crippen LogP contribution in [0, 0.1) is 5.92 Å². The highest BCUT2D eigenvalue weighted by Gasteiger charge is 2.52. The van der Waals surface area contributed by atoms with Crippen molar-refractivity contribution in [3.8, 4) is 0 Å². The monoisotopic (exact) mass is 208 g/mol. The average Bonchev–Trinajstić information content (AvgIpc) is 2.35. The van der Waals surface area contributed by atoms with Gasteiger partial charge in [0.05, 0.1) is 25.2 Å². The maximum absolute atomic E-state index is 9.33. The summed E-state index contributed by atoms with van der Waals surface area (Å²) < 4.78 is 9.83. The highest BCUT2D eigenvalue weighted by Crippen LogP contribution is 2.45. The summed E-state index contributed by atoms with van der Waals surface area (Å²) in [5, 5.41) is 9.33. The first-order valence-electron chi connectivity index (χ1n) is 3.37. The maximum Gasteiger partial charge on any atom is 0.232 e. The molecule has 2 fully saturated rings. The van der Waals surface area contributed by atoms with Gasteiger partial charge in [0.15, 0.2) is 0 Å². The van der Waals surface area contributed by atoms with Crippen LogP contribution in [-0.4, -0.2) is 29.1 Å². The zero-order valence-electron chi connectivity index (χ0n) is 5.42. The second-order valence-corrected chi connectivity index (χ2v) is 3.81. The molecule has 2 saturated heterocycles. The van der Waals surface area contributed by atoms with E-state index in [1.54, 1.807) is 0 Å². The molecule has 0 saturated carbocycles. The minimum atomic E-state index is -0.660. The fourth-order valence-electron chi connectivity index (χ4n) is 1.49. The molecule has 0 aromatic heterocycles. The minimum absolute atomic E-state index is 0.118. The quantitative estimate of drug-likeness (QED) is 0.589. The zero-order valence-corrected chi connectivity index (χ0v) is 7.00. The molecule has 4 heteroatoms. The predicted molar refractivity (Wildman–Crippen MR) is 37.7 cm³/mol. The number of aliphatic hydroxyl groups excluding tert-OH is 1. The summed E-state index contributed by atoms with van der Waals surface area (Å²) in [5.74, 6) is 0.118. The van der Waals surface area contributed by atoms with Gasteiger partial charge >= 0.3 is 0 Å². The molecule has 10 heavy (non-hydrogen) atoms. The van der Waals surface area contributed by atoms with E-state index in [0.29, 0.717) is 13.2 Å². The van der Waals surface area contributed by atoms with Crippen molar-refractivity contribution in [2.45, 2.75) is 17.2 Å². The molecule has 2 heterocycles. The van der Waals surface area contributed by atoms with Crippen LogP contribution >= 0.6 is 15.9 Å². The maximum atomic E-state index is 9.33. The third kappa shape index (κ3) is 0.830. The van der Waals surface area contributed by atoms with Gasteiger partial charge in [-0.1, -0.05) is 0 Å². The lowest BCUT2D eigenvalue weighted by Crippen LogP contribution is -2.27. The van der Waals surface area contributed by atoms with Crippen molar-refractivity contribution in [2.24, 2.45) is 5.92 Å². The second-order valence-electron chi connectivity index (χ2n) is 2.70. The standard InChI is InChI=1S/C6H9BrO3/c7-6-4(1-2-9-6)5(8)3-10-6/h4-5,8H,1-3H2. The molecule has 3 unspecified atom stereocenters. The van der Waals surface area contributed by atoms with Crippen molar-refractivity contribution < 1.29 is 14.6 Å². The Morgan fingerprint density at radius 1 is 1.50 bits per heavy atom. The van der Waals surface area contributed by atoms with Crippen LogP contribution in [0.4, 0.5) is 0 Å². The van der Waals surface area contributed by atoms with Crippen LogP contribution in [0.15, 0.2) is 0 Å². The van der Waals surface area contributed by atoms with Gasteiger partial charge in [-0.15, -0.1) is 0 Å². The number of hydrogen-bond donors (Lipinski definition) is 1. The molecule has 0 aromatic carbocycles. The molecule has 3 atom stereocenters. The lowest BCUT2D eigenvalue weighted by molar-refractivity contribution is -0.116. The van der Waals surface area contributed by atoms with E-state index in [-0.39, 0.29) is 12.0 Å². The molecule has 0 aliphatic carbocycles. The summed E-state index contributed by atoms with van der Waals surface area (Å²) in [7, 11) is 0. The topological polar surface area (TPSA) is 38.7 Å². The molecule has 2 aliphatic rings. The first-order chi connectivity index (χ1) is 4.72. The highest BCUT2D eigenvalue weighted by atomic mass is 79.9. The van der Waals surface area contributed by atoms with Gasteiger partial charge in [-0.05, 0) is 22.4 Å². The molecular weight excluding hydrogens is 200 g/mol. The molecule has 2 aliphatic heterocycles. The lowest BCUT2D eigenvalue weighted by Gasteiger charge is -2.18. The van der Waals surface area contributed by atoms with Crippen molar-refractivity contribution in [3.05, 3.63) is 0 Å². The fourth-order valence-corrected chi connectivity index (χ4v) is 2.32. The van der Waals surface area contributed by atoms with Gasteiger partial charge in [-0.2, -0.15) is 0 Å². The Morgan fingerprint density at radius 2 is 2.30 bits per heavy atom. The van der Waals surface area contributed by atoms with Gasteiger partial charge in [0.2, 0.25) is 4.70 Å². The van der Waals surface area contributed by atoms with Crippen LogP contribution in [0.5, 0.6) is 0 Å². The van der Waals surface area contributed by atoms with Crippen LogP contribution in [0.2, 0.25) is 0 Å². The van der Waals surface area contributed by atoms with Crippen molar-refractivity contribution in [1.82, 2.24) is 0 Å². The van der Waals surface area contributed by atoms with Gasteiger partial charge in [-0.3, -0.25) is 0 Å². The Labute approximate surface area is 67.4 Å². The van der Waals surface area contributed by atoms with Gasteiger partial charge in [0.25, 0.3) is 0 Å². The number of fused-ring (bicyclic) bond motifs is 1. The molecule has 0 bridgehead atoms. The van der Waals surface area contributed by atoms with Gasteiger partial charge in [0.1, 0.15) is 0 Å². The van der Waals surface area contributed by atoms with Crippen LogP contribution < -0.4 is 0 Å². The molecule has 0 radical (unpaired) electrons. The van der Waals surface area contributed by atoms with Crippen LogP contribution in [0.1, 0.15) is 6.42 Å². The van der Waals surface area contributed by atoms with Crippen LogP contribution in [0.25, 0.3) is 0 Å². The number of halogens is 1. The van der Waals surface area contributed by atoms with Crippen molar-refractivity contribution in [2.75, 3.05) is 13.2 Å². The van der Waals surface area contributed by atoms with E-state index in [9.17, 15) is 5.11 Å². The Kier molecular flexibility index (Phi) is 1.53. The van der Waals surface area contributed by atoms with E-state index < -0.39 is 4.70 Å². The van der Waals surface area contributed by atoms with E-state index in [1.165, 1.54) is 0 Å². The molecule has 2 rings (SSSR count). The molecule has 0 amide bonds. The molecule has 1 N–H and O–H groups in total. The Bertz CT molecular complexity index is 152. The third-order valence-corrected chi connectivity index (χ3v) is 3.13. The molecule has 0 aromatic rings. The normalized spacial score (nSPS) is 53.4. The first-order valence-corrected chi connectivity index (χ1v) is 4.16. The summed E-state index contributed by atoms with van der Waals surface area (Å²) in [6.07, 6.45) is 0.522. The summed E-state index contributed by atoms with van der Waals surface area (Å²) in [4.78, 5) is 0. The Morgan fingerprint density at radius 3 is 3.00 bits per heavy atom. The number of rotatable bonds is 0. The summed E-state index contributed by atoms with van der Waals surface area (Å²) in [6, 6.07) is 0. The highest BCUT2D eigenvalue weighted by molar-refractivity contribution is 9.10. The van der Waals surface area contributed by atoms with Crippen LogP contribution in [-0.2, 0) is 9.47 Å². The number of ether oxygens (including phenoxy) is 2. The van der Waals surface area contributed by atoms with Crippen molar-refractivity contribution in [1.29, 1.82) is 0 Å². The second kappa shape index (κ2) is 2.17. The van der Waals surface area contributed by atoms with E-state index in [1.807, 2.05) is 0 Å². The van der Waals surface area contributed by atoms with E-state index in [2.05, 4.69) is 15.9 Å². The van der Waals surface area contributed by atoms with E-state index in [4.69, 9.17) is 9.47 Å². The number of aliphatic hydroxyl groups is 1. The number of alkyl halides is 1. The number of hydrogen-bond acceptors (Lipinski definition) is 3. The summed E-state index contributed by atoms with van der Waals surface area (Å²) in [5.41, 5.74) is 0. The smallest absolute Gasteiger partial charge is 0.232 e. The molecule has 58 valence electrons.